The molecule has 0 aliphatic heterocycles. The normalized spacial score (nSPS) is 15.3. The zero-order valence-electron chi connectivity index (χ0n) is 9.93. The van der Waals surface area contributed by atoms with Crippen molar-refractivity contribution in [3.63, 3.8) is 0 Å². The highest BCUT2D eigenvalue weighted by Crippen LogP contribution is 2.24. The number of ether oxygens (including phenoxy) is 2. The Hall–Kier alpha value is -0.980. The van der Waals surface area contributed by atoms with E-state index in [1.807, 2.05) is 0 Å². The van der Waals surface area contributed by atoms with Crippen molar-refractivity contribution in [1.29, 1.82) is 0 Å². The smallest absolute Gasteiger partial charge is 0.303 e. The number of methoxy groups -OCH3 is 1. The Morgan fingerprint density at radius 3 is 2.38 bits per heavy atom. The summed E-state index contributed by atoms with van der Waals surface area (Å²) in [5.74, 6) is -0.536. The highest BCUT2D eigenvalue weighted by molar-refractivity contribution is 5.66. The molecule has 0 saturated heterocycles. The van der Waals surface area contributed by atoms with Crippen molar-refractivity contribution in [2.75, 3.05) is 7.11 Å². The molecule has 6 heteroatoms. The first kappa shape index (κ1) is 15.0. The van der Waals surface area contributed by atoms with Crippen molar-refractivity contribution < 1.29 is 29.2 Å². The van der Waals surface area contributed by atoms with Crippen molar-refractivity contribution in [1.82, 2.24) is 0 Å². The molecule has 94 valence electrons. The summed E-state index contributed by atoms with van der Waals surface area (Å²) in [4.78, 5) is 25.7. The van der Waals surface area contributed by atoms with Gasteiger partial charge in [-0.2, -0.15) is 0 Å². The molecule has 0 radical (unpaired) electrons. The fourth-order valence-electron chi connectivity index (χ4n) is 1.24. The highest BCUT2D eigenvalue weighted by atomic mass is 17.1. The van der Waals surface area contributed by atoms with Crippen LogP contribution in [0.3, 0.4) is 0 Å². The van der Waals surface area contributed by atoms with Gasteiger partial charge in [0.25, 0.3) is 0 Å². The standard InChI is InChI=1S/C10H18O6/c1-7(12)15-8(9(14-4)16-13)5-10(2,3)6-11/h6,8-9,13H,5H2,1-4H3. The Morgan fingerprint density at radius 2 is 2.06 bits per heavy atom. The summed E-state index contributed by atoms with van der Waals surface area (Å²) in [5, 5.41) is 8.57. The Kier molecular flexibility index (Phi) is 6.17. The highest BCUT2D eigenvalue weighted by Gasteiger charge is 2.32. The van der Waals surface area contributed by atoms with Crippen molar-refractivity contribution in [2.24, 2.45) is 5.41 Å². The van der Waals surface area contributed by atoms with Gasteiger partial charge in [-0.25, -0.2) is 10.1 Å². The Labute approximate surface area is 94.4 Å². The average molecular weight is 234 g/mol. The van der Waals surface area contributed by atoms with E-state index in [9.17, 15) is 9.59 Å². The van der Waals surface area contributed by atoms with Crippen LogP contribution in [-0.4, -0.2) is 37.0 Å². The fraction of sp³-hybridized carbons (Fsp3) is 0.800. The van der Waals surface area contributed by atoms with Gasteiger partial charge >= 0.3 is 5.97 Å². The lowest BCUT2D eigenvalue weighted by atomic mass is 9.88. The molecule has 0 aromatic rings. The van der Waals surface area contributed by atoms with Gasteiger partial charge in [0, 0.05) is 25.9 Å². The number of carbonyl (C=O) groups excluding carboxylic acids is 2. The Balaban J connectivity index is 4.65. The van der Waals surface area contributed by atoms with E-state index in [4.69, 9.17) is 14.7 Å². The fourth-order valence-corrected chi connectivity index (χ4v) is 1.24. The van der Waals surface area contributed by atoms with Crippen LogP contribution in [0.25, 0.3) is 0 Å². The molecule has 16 heavy (non-hydrogen) atoms. The summed E-state index contributed by atoms with van der Waals surface area (Å²) in [7, 11) is 1.30. The van der Waals surface area contributed by atoms with E-state index < -0.39 is 23.8 Å². The van der Waals surface area contributed by atoms with Gasteiger partial charge < -0.3 is 14.3 Å². The molecule has 0 spiro atoms. The third-order valence-corrected chi connectivity index (χ3v) is 2.00. The van der Waals surface area contributed by atoms with Crippen molar-refractivity contribution in [2.45, 2.75) is 39.6 Å². The summed E-state index contributed by atoms with van der Waals surface area (Å²) < 4.78 is 9.71. The summed E-state index contributed by atoms with van der Waals surface area (Å²) >= 11 is 0. The molecule has 0 rings (SSSR count). The van der Waals surface area contributed by atoms with E-state index >= 15 is 0 Å². The van der Waals surface area contributed by atoms with Crippen molar-refractivity contribution in [3.8, 4) is 0 Å². The average Bonchev–Trinajstić information content (AvgIpc) is 2.18. The minimum atomic E-state index is -1.11. The third kappa shape index (κ3) is 5.20. The lowest BCUT2D eigenvalue weighted by Gasteiger charge is -2.27. The van der Waals surface area contributed by atoms with Gasteiger partial charge in [0.2, 0.25) is 6.29 Å². The van der Waals surface area contributed by atoms with E-state index in [-0.39, 0.29) is 6.42 Å². The lowest BCUT2D eigenvalue weighted by Crippen LogP contribution is -2.38. The zero-order chi connectivity index (χ0) is 12.8. The first-order valence-corrected chi connectivity index (χ1v) is 4.83. The molecular formula is C10H18O6. The molecule has 0 heterocycles. The molecule has 0 bridgehead atoms. The van der Waals surface area contributed by atoms with Gasteiger partial charge in [-0.3, -0.25) is 4.79 Å². The number of hydrogen-bond donors (Lipinski definition) is 1. The topological polar surface area (TPSA) is 82.1 Å². The maximum Gasteiger partial charge on any atom is 0.303 e. The maximum atomic E-state index is 10.9. The largest absolute Gasteiger partial charge is 0.457 e. The molecule has 0 saturated carbocycles. The quantitative estimate of drug-likeness (QED) is 0.232. The Bertz CT molecular complexity index is 233. The second-order valence-electron chi connectivity index (χ2n) is 4.17. The van der Waals surface area contributed by atoms with Gasteiger partial charge in [0.1, 0.15) is 6.29 Å². The van der Waals surface area contributed by atoms with Gasteiger partial charge in [-0.15, -0.1) is 0 Å². The van der Waals surface area contributed by atoms with Crippen LogP contribution < -0.4 is 0 Å². The van der Waals surface area contributed by atoms with Crippen LogP contribution in [0.2, 0.25) is 0 Å². The third-order valence-electron chi connectivity index (χ3n) is 2.00. The van der Waals surface area contributed by atoms with Crippen LogP contribution in [-0.2, 0) is 24.0 Å². The number of hydrogen-bond acceptors (Lipinski definition) is 6. The van der Waals surface area contributed by atoms with Crippen LogP contribution in [0.5, 0.6) is 0 Å². The molecule has 2 atom stereocenters. The second-order valence-corrected chi connectivity index (χ2v) is 4.17. The van der Waals surface area contributed by atoms with E-state index in [1.165, 1.54) is 14.0 Å². The Morgan fingerprint density at radius 1 is 1.50 bits per heavy atom. The second kappa shape index (κ2) is 6.57. The molecule has 0 aromatic heterocycles. The van der Waals surface area contributed by atoms with Gasteiger partial charge in [0.05, 0.1) is 0 Å². The van der Waals surface area contributed by atoms with E-state index in [0.29, 0.717) is 0 Å². The predicted molar refractivity (Wildman–Crippen MR) is 54.5 cm³/mol. The van der Waals surface area contributed by atoms with Gasteiger partial charge in [-0.1, -0.05) is 13.8 Å². The van der Waals surface area contributed by atoms with Crippen LogP contribution in [0.4, 0.5) is 0 Å². The summed E-state index contributed by atoms with van der Waals surface area (Å²) in [6.45, 7) is 4.59. The van der Waals surface area contributed by atoms with E-state index in [1.54, 1.807) is 13.8 Å². The monoisotopic (exact) mass is 234 g/mol. The number of aldehydes is 1. The molecule has 0 aliphatic rings. The van der Waals surface area contributed by atoms with Gasteiger partial charge in [-0.05, 0) is 0 Å². The summed E-state index contributed by atoms with van der Waals surface area (Å²) in [6, 6.07) is 0. The molecule has 0 aliphatic carbocycles. The number of esters is 1. The van der Waals surface area contributed by atoms with Crippen molar-refractivity contribution >= 4 is 12.3 Å². The minimum Gasteiger partial charge on any atom is -0.457 e. The van der Waals surface area contributed by atoms with Crippen LogP contribution in [0.1, 0.15) is 27.2 Å². The molecule has 0 amide bonds. The number of rotatable bonds is 7. The SMILES string of the molecule is COC(OO)C(CC(C)(C)C=O)OC(C)=O. The molecule has 0 fully saturated rings. The first-order valence-electron chi connectivity index (χ1n) is 4.83. The lowest BCUT2D eigenvalue weighted by molar-refractivity contribution is -0.362. The van der Waals surface area contributed by atoms with E-state index in [0.717, 1.165) is 6.29 Å². The number of carbonyl (C=O) groups is 2. The van der Waals surface area contributed by atoms with Crippen LogP contribution >= 0.6 is 0 Å². The molecule has 2 unspecified atom stereocenters. The summed E-state index contributed by atoms with van der Waals surface area (Å²) in [6.07, 6.45) is -1.02. The molecule has 1 N–H and O–H groups in total. The van der Waals surface area contributed by atoms with Crippen LogP contribution in [0, 0.1) is 5.41 Å². The molecule has 0 aromatic carbocycles. The van der Waals surface area contributed by atoms with Gasteiger partial charge in [0.15, 0.2) is 6.10 Å². The predicted octanol–water partition coefficient (Wildman–Crippen LogP) is 0.995. The maximum absolute atomic E-state index is 10.9. The minimum absolute atomic E-state index is 0.190. The zero-order valence-corrected chi connectivity index (χ0v) is 9.93. The van der Waals surface area contributed by atoms with E-state index in [2.05, 4.69) is 4.89 Å². The molecular weight excluding hydrogens is 216 g/mol. The van der Waals surface area contributed by atoms with Crippen molar-refractivity contribution in [3.05, 3.63) is 0 Å². The summed E-state index contributed by atoms with van der Waals surface area (Å²) in [5.41, 5.74) is -0.699. The van der Waals surface area contributed by atoms with Crippen LogP contribution in [0.15, 0.2) is 0 Å². The molecule has 6 nitrogen and oxygen atoms in total. The first-order chi connectivity index (χ1) is 7.36.